The fourth-order valence-corrected chi connectivity index (χ4v) is 2.55. The highest BCUT2D eigenvalue weighted by Gasteiger charge is 2.19. The van der Waals surface area contributed by atoms with Gasteiger partial charge in [0.1, 0.15) is 6.04 Å². The van der Waals surface area contributed by atoms with Crippen LogP contribution in [0.25, 0.3) is 0 Å². The van der Waals surface area contributed by atoms with Crippen molar-refractivity contribution < 1.29 is 19.6 Å². The molecule has 6 N–H and O–H groups in total. The van der Waals surface area contributed by atoms with E-state index in [2.05, 4.69) is 22.5 Å². The number of hydrogen-bond acceptors (Lipinski definition) is 5. The van der Waals surface area contributed by atoms with Crippen molar-refractivity contribution in [2.75, 3.05) is 13.1 Å². The van der Waals surface area contributed by atoms with Crippen LogP contribution in [0.3, 0.4) is 0 Å². The van der Waals surface area contributed by atoms with E-state index in [0.717, 1.165) is 11.1 Å². The molecule has 164 valence electrons. The van der Waals surface area contributed by atoms with E-state index in [0.29, 0.717) is 24.1 Å². The molecule has 0 saturated carbocycles. The molecule has 8 nitrogen and oxygen atoms in total. The molecule has 0 saturated heterocycles. The molecule has 0 heterocycles. The van der Waals surface area contributed by atoms with E-state index < -0.39 is 17.9 Å². The fraction of sp³-hybridized carbons (Fsp3) is 0.261. The van der Waals surface area contributed by atoms with Crippen LogP contribution in [0.15, 0.2) is 48.5 Å². The summed E-state index contributed by atoms with van der Waals surface area (Å²) in [7, 11) is 0. The zero-order valence-electron chi connectivity index (χ0n) is 16.6. The van der Waals surface area contributed by atoms with Crippen LogP contribution in [0, 0.1) is 11.8 Å². The first kappa shape index (κ1) is 25.4. The Morgan fingerprint density at radius 3 is 2.03 bits per heavy atom. The van der Waals surface area contributed by atoms with E-state index in [1.54, 1.807) is 24.3 Å². The second-order valence-corrected chi connectivity index (χ2v) is 6.39. The minimum atomic E-state index is -1.03. The largest absolute Gasteiger partial charge is 0.356 e. The highest BCUT2D eigenvalue weighted by Crippen LogP contribution is 2.07. The highest BCUT2D eigenvalue weighted by atomic mass is 16.5. The van der Waals surface area contributed by atoms with Crippen molar-refractivity contribution in [1.29, 1.82) is 0 Å². The molecule has 31 heavy (non-hydrogen) atoms. The van der Waals surface area contributed by atoms with E-state index in [1.165, 1.54) is 5.48 Å². The lowest BCUT2D eigenvalue weighted by Crippen LogP contribution is -2.50. The van der Waals surface area contributed by atoms with E-state index in [4.69, 9.17) is 10.9 Å². The Labute approximate surface area is 182 Å². The number of rotatable bonds is 7. The maximum Gasteiger partial charge on any atom is 0.267 e. The Morgan fingerprint density at radius 1 is 1.00 bits per heavy atom. The van der Waals surface area contributed by atoms with Crippen molar-refractivity contribution in [1.82, 2.24) is 16.1 Å². The molecule has 0 fully saturated rings. The number of benzene rings is 2. The molecule has 2 aromatic carbocycles. The van der Waals surface area contributed by atoms with Gasteiger partial charge in [0.2, 0.25) is 5.91 Å². The Morgan fingerprint density at radius 2 is 1.55 bits per heavy atom. The lowest BCUT2D eigenvalue weighted by atomic mass is 10.1. The minimum absolute atomic E-state index is 0. The SMILES string of the molecule is C.CCNC(=O)Cc1ccc(C#Cc2ccc(C(=O)N[C@@H](CN)C(=O)NO)cc2)cc1. The van der Waals surface area contributed by atoms with Crippen molar-refractivity contribution in [2.24, 2.45) is 5.73 Å². The van der Waals surface area contributed by atoms with Gasteiger partial charge in [-0.3, -0.25) is 19.6 Å². The molecule has 0 aliphatic rings. The molecule has 2 rings (SSSR count). The van der Waals surface area contributed by atoms with Crippen LogP contribution in [0.4, 0.5) is 0 Å². The van der Waals surface area contributed by atoms with Crippen LogP contribution in [0.2, 0.25) is 0 Å². The van der Waals surface area contributed by atoms with E-state index >= 15 is 0 Å². The molecule has 0 unspecified atom stereocenters. The average Bonchev–Trinajstić information content (AvgIpc) is 2.76. The molecule has 0 radical (unpaired) electrons. The Hall–Kier alpha value is -3.67. The lowest BCUT2D eigenvalue weighted by molar-refractivity contribution is -0.130. The number of carbonyl (C=O) groups excluding carboxylic acids is 3. The van der Waals surface area contributed by atoms with Gasteiger partial charge in [-0.05, 0) is 48.9 Å². The predicted molar refractivity (Wildman–Crippen MR) is 118 cm³/mol. The van der Waals surface area contributed by atoms with Crippen LogP contribution in [-0.4, -0.2) is 42.1 Å². The third-order valence-corrected chi connectivity index (χ3v) is 4.16. The van der Waals surface area contributed by atoms with Gasteiger partial charge in [0.05, 0.1) is 6.42 Å². The normalized spacial score (nSPS) is 10.5. The smallest absolute Gasteiger partial charge is 0.267 e. The van der Waals surface area contributed by atoms with Crippen molar-refractivity contribution in [3.63, 3.8) is 0 Å². The number of nitrogens with two attached hydrogens (primary N) is 1. The fourth-order valence-electron chi connectivity index (χ4n) is 2.55. The van der Waals surface area contributed by atoms with Crippen LogP contribution in [0.5, 0.6) is 0 Å². The summed E-state index contributed by atoms with van der Waals surface area (Å²) >= 11 is 0. The van der Waals surface area contributed by atoms with Gasteiger partial charge in [0.25, 0.3) is 11.8 Å². The third-order valence-electron chi connectivity index (χ3n) is 4.16. The molecular formula is C23H28N4O4. The van der Waals surface area contributed by atoms with Crippen LogP contribution in [0.1, 0.15) is 41.4 Å². The van der Waals surface area contributed by atoms with Gasteiger partial charge in [-0.1, -0.05) is 31.4 Å². The Bertz CT molecular complexity index is 944. The Balaban J connectivity index is 0.00000480. The maximum atomic E-state index is 12.2. The molecule has 3 amide bonds. The molecule has 0 aliphatic carbocycles. The van der Waals surface area contributed by atoms with Crippen molar-refractivity contribution in [3.8, 4) is 11.8 Å². The zero-order valence-corrected chi connectivity index (χ0v) is 16.6. The summed E-state index contributed by atoms with van der Waals surface area (Å²) in [4.78, 5) is 35.2. The van der Waals surface area contributed by atoms with Crippen molar-refractivity contribution in [3.05, 3.63) is 70.8 Å². The van der Waals surface area contributed by atoms with Gasteiger partial charge in [-0.25, -0.2) is 5.48 Å². The molecular weight excluding hydrogens is 396 g/mol. The topological polar surface area (TPSA) is 134 Å². The Kier molecular flexibility index (Phi) is 10.5. The summed E-state index contributed by atoms with van der Waals surface area (Å²) in [5.74, 6) is 4.75. The van der Waals surface area contributed by atoms with Gasteiger partial charge >= 0.3 is 0 Å². The molecule has 0 aliphatic heterocycles. The second-order valence-electron chi connectivity index (χ2n) is 6.39. The quantitative estimate of drug-likeness (QED) is 0.256. The predicted octanol–water partition coefficient (Wildman–Crippen LogP) is 0.964. The summed E-state index contributed by atoms with van der Waals surface area (Å²) in [6.45, 7) is 2.33. The van der Waals surface area contributed by atoms with Crippen LogP contribution in [-0.2, 0) is 16.0 Å². The van der Waals surface area contributed by atoms with Gasteiger partial charge < -0.3 is 16.4 Å². The summed E-state index contributed by atoms with van der Waals surface area (Å²) in [5.41, 5.74) is 9.63. The molecule has 0 spiro atoms. The van der Waals surface area contributed by atoms with Gasteiger partial charge in [0, 0.05) is 29.8 Å². The first-order valence-electron chi connectivity index (χ1n) is 9.39. The lowest BCUT2D eigenvalue weighted by Gasteiger charge is -2.14. The summed E-state index contributed by atoms with van der Waals surface area (Å²) in [6, 6.07) is 12.9. The van der Waals surface area contributed by atoms with E-state index in [-0.39, 0.29) is 19.9 Å². The van der Waals surface area contributed by atoms with Crippen LogP contribution >= 0.6 is 0 Å². The van der Waals surface area contributed by atoms with E-state index in [1.807, 2.05) is 31.2 Å². The summed E-state index contributed by atoms with van der Waals surface area (Å²) < 4.78 is 0. The van der Waals surface area contributed by atoms with Crippen molar-refractivity contribution in [2.45, 2.75) is 26.8 Å². The molecule has 0 bridgehead atoms. The maximum absolute atomic E-state index is 12.2. The standard InChI is InChI=1S/C22H24N4O4.CH4/c1-2-24-20(27)13-17-7-5-15(6-8-17)3-4-16-9-11-18(12-10-16)21(28)25-19(14-23)22(29)26-30;/h5-12,19,30H,2,13-14,23H2,1H3,(H,24,27)(H,25,28)(H,26,29);1H4/t19-;/m0./s1. The first-order chi connectivity index (χ1) is 14.5. The number of hydrogen-bond donors (Lipinski definition) is 5. The highest BCUT2D eigenvalue weighted by molar-refractivity contribution is 5.97. The monoisotopic (exact) mass is 424 g/mol. The number of hydroxylamine groups is 1. The average molecular weight is 425 g/mol. The first-order valence-corrected chi connectivity index (χ1v) is 9.39. The molecule has 0 aromatic heterocycles. The molecule has 2 aromatic rings. The number of nitrogens with one attached hydrogen (secondary N) is 3. The summed E-state index contributed by atoms with van der Waals surface area (Å²) in [6.07, 6.45) is 0.329. The number of carbonyl (C=O) groups is 3. The summed E-state index contributed by atoms with van der Waals surface area (Å²) in [5, 5.41) is 13.8. The molecule has 1 atom stereocenters. The second kappa shape index (κ2) is 12.8. The molecule has 8 heteroatoms. The van der Waals surface area contributed by atoms with Gasteiger partial charge in [0.15, 0.2) is 0 Å². The van der Waals surface area contributed by atoms with Gasteiger partial charge in [-0.2, -0.15) is 0 Å². The minimum Gasteiger partial charge on any atom is -0.356 e. The van der Waals surface area contributed by atoms with E-state index in [9.17, 15) is 14.4 Å². The third kappa shape index (κ3) is 7.93. The van der Waals surface area contributed by atoms with Gasteiger partial charge in [-0.15, -0.1) is 0 Å². The zero-order chi connectivity index (χ0) is 21.9. The van der Waals surface area contributed by atoms with Crippen molar-refractivity contribution >= 4 is 17.7 Å². The number of amides is 3. The number of likely N-dealkylation sites (N-methyl/N-ethyl adjacent to an activating group) is 1. The van der Waals surface area contributed by atoms with Crippen LogP contribution < -0.4 is 21.8 Å².